The molecule has 0 aromatic carbocycles. The number of nitrogens with zero attached hydrogens (tertiary/aromatic N) is 2. The van der Waals surface area contributed by atoms with Crippen LogP contribution in [0.25, 0.3) is 0 Å². The summed E-state index contributed by atoms with van der Waals surface area (Å²) >= 11 is 0. The number of carbonyl (C=O) groups excluding carboxylic acids is 1. The number of aliphatic hydroxyl groups excluding tert-OH is 1. The first kappa shape index (κ1) is 17.7. The van der Waals surface area contributed by atoms with Crippen molar-refractivity contribution in [2.75, 3.05) is 47.1 Å². The molecule has 1 saturated heterocycles. The number of ether oxygens (including phenoxy) is 2. The number of carboxylic acids is 1. The highest BCUT2D eigenvalue weighted by Crippen LogP contribution is 2.20. The Morgan fingerprint density at radius 3 is 2.48 bits per heavy atom. The van der Waals surface area contributed by atoms with Crippen LogP contribution in [-0.4, -0.2) is 91.2 Å². The molecule has 0 aliphatic carbocycles. The Morgan fingerprint density at radius 2 is 1.90 bits per heavy atom. The third-order valence-electron chi connectivity index (χ3n) is 3.42. The lowest BCUT2D eigenvalue weighted by atomic mass is 10.2. The summed E-state index contributed by atoms with van der Waals surface area (Å²) in [5.74, 6) is -1.09. The Balaban J connectivity index is 2.70. The minimum absolute atomic E-state index is 0.0452. The van der Waals surface area contributed by atoms with Gasteiger partial charge in [0.2, 0.25) is 0 Å². The van der Waals surface area contributed by atoms with Crippen LogP contribution < -0.4 is 0 Å². The van der Waals surface area contributed by atoms with Crippen molar-refractivity contribution in [3.63, 3.8) is 0 Å². The van der Waals surface area contributed by atoms with Gasteiger partial charge in [-0.3, -0.25) is 0 Å². The molecular formula is C13H24N2O6. The fourth-order valence-corrected chi connectivity index (χ4v) is 2.35. The van der Waals surface area contributed by atoms with Crippen LogP contribution in [0.3, 0.4) is 0 Å². The summed E-state index contributed by atoms with van der Waals surface area (Å²) in [6.07, 6.45) is -0.0736. The second kappa shape index (κ2) is 8.81. The van der Waals surface area contributed by atoms with Crippen molar-refractivity contribution in [1.29, 1.82) is 0 Å². The summed E-state index contributed by atoms with van der Waals surface area (Å²) in [5.41, 5.74) is 0. The summed E-state index contributed by atoms with van der Waals surface area (Å²) in [7, 11) is 3.12. The number of β-amino-alcohol motifs (C(OH)–C–C–N with tert-alkyl or cyclic N) is 1. The number of amides is 2. The van der Waals surface area contributed by atoms with Crippen molar-refractivity contribution >= 4 is 12.0 Å². The molecule has 0 spiro atoms. The average Bonchev–Trinajstić information content (AvgIpc) is 2.84. The SMILES string of the molecule is COCCCN(CCOC)C(=O)N1C[C@@H](O)C[C@H]1C(=O)O. The Bertz CT molecular complexity index is 352. The zero-order valence-corrected chi connectivity index (χ0v) is 12.5. The highest BCUT2D eigenvalue weighted by Gasteiger charge is 2.40. The molecule has 0 aromatic heterocycles. The molecule has 0 aromatic rings. The molecule has 0 saturated carbocycles. The monoisotopic (exact) mass is 304 g/mol. The Morgan fingerprint density at radius 1 is 1.24 bits per heavy atom. The van der Waals surface area contributed by atoms with Crippen LogP contribution in [0, 0.1) is 0 Å². The normalized spacial score (nSPS) is 21.6. The zero-order valence-electron chi connectivity index (χ0n) is 12.5. The molecule has 122 valence electrons. The van der Waals surface area contributed by atoms with Gasteiger partial charge in [0.1, 0.15) is 6.04 Å². The van der Waals surface area contributed by atoms with Gasteiger partial charge in [0, 0.05) is 46.9 Å². The topological polar surface area (TPSA) is 99.5 Å². The van der Waals surface area contributed by atoms with Crippen LogP contribution in [0.4, 0.5) is 4.79 Å². The van der Waals surface area contributed by atoms with Gasteiger partial charge in [-0.05, 0) is 6.42 Å². The van der Waals surface area contributed by atoms with Crippen molar-refractivity contribution in [3.05, 3.63) is 0 Å². The van der Waals surface area contributed by atoms with Gasteiger partial charge >= 0.3 is 12.0 Å². The predicted molar refractivity (Wildman–Crippen MR) is 74.1 cm³/mol. The molecule has 8 nitrogen and oxygen atoms in total. The lowest BCUT2D eigenvalue weighted by Crippen LogP contribution is -2.49. The first-order chi connectivity index (χ1) is 10.0. The van der Waals surface area contributed by atoms with Gasteiger partial charge in [0.25, 0.3) is 0 Å². The van der Waals surface area contributed by atoms with Crippen LogP contribution in [0.15, 0.2) is 0 Å². The first-order valence-electron chi connectivity index (χ1n) is 6.95. The van der Waals surface area contributed by atoms with Gasteiger partial charge in [-0.1, -0.05) is 0 Å². The van der Waals surface area contributed by atoms with Gasteiger partial charge in [-0.2, -0.15) is 0 Å². The molecule has 8 heteroatoms. The molecule has 1 aliphatic heterocycles. The molecule has 1 heterocycles. The van der Waals surface area contributed by atoms with Crippen molar-refractivity contribution in [2.24, 2.45) is 0 Å². The lowest BCUT2D eigenvalue weighted by Gasteiger charge is -2.30. The van der Waals surface area contributed by atoms with E-state index in [1.165, 1.54) is 16.9 Å². The van der Waals surface area contributed by atoms with E-state index in [0.717, 1.165) is 0 Å². The molecule has 2 N–H and O–H groups in total. The molecule has 2 amide bonds. The number of hydrogen-bond donors (Lipinski definition) is 2. The van der Waals surface area contributed by atoms with E-state index in [1.807, 2.05) is 0 Å². The molecule has 1 rings (SSSR count). The standard InChI is InChI=1S/C13H24N2O6/c1-20-6-3-4-14(5-7-21-2)13(19)15-9-10(16)8-11(15)12(17)18/h10-11,16H,3-9H2,1-2H3,(H,17,18)/t10-,11-/m0/s1. The smallest absolute Gasteiger partial charge is 0.326 e. The third kappa shape index (κ3) is 5.14. The summed E-state index contributed by atoms with van der Waals surface area (Å²) in [5, 5.41) is 18.8. The van der Waals surface area contributed by atoms with Crippen molar-refractivity contribution in [3.8, 4) is 0 Å². The molecule has 0 unspecified atom stereocenters. The minimum Gasteiger partial charge on any atom is -0.480 e. The third-order valence-corrected chi connectivity index (χ3v) is 3.42. The maximum absolute atomic E-state index is 12.5. The van der Waals surface area contributed by atoms with Crippen LogP contribution in [-0.2, 0) is 14.3 Å². The Labute approximate surface area is 124 Å². The van der Waals surface area contributed by atoms with Gasteiger partial charge in [-0.15, -0.1) is 0 Å². The van der Waals surface area contributed by atoms with E-state index >= 15 is 0 Å². The van der Waals surface area contributed by atoms with Gasteiger partial charge < -0.3 is 29.5 Å². The predicted octanol–water partition coefficient (Wildman–Crippen LogP) is -0.389. The van der Waals surface area contributed by atoms with Crippen LogP contribution >= 0.6 is 0 Å². The van der Waals surface area contributed by atoms with Gasteiger partial charge in [0.05, 0.1) is 12.7 Å². The maximum Gasteiger partial charge on any atom is 0.326 e. The quantitative estimate of drug-likeness (QED) is 0.593. The summed E-state index contributed by atoms with van der Waals surface area (Å²) in [6.45, 7) is 1.76. The van der Waals surface area contributed by atoms with Gasteiger partial charge in [-0.25, -0.2) is 9.59 Å². The molecule has 1 fully saturated rings. The second-order valence-electron chi connectivity index (χ2n) is 5.00. The lowest BCUT2D eigenvalue weighted by molar-refractivity contribution is -0.141. The molecule has 0 radical (unpaired) electrons. The number of likely N-dealkylation sites (tertiary alicyclic amines) is 1. The molecule has 1 aliphatic rings. The first-order valence-corrected chi connectivity index (χ1v) is 6.95. The Hall–Kier alpha value is -1.38. The van der Waals surface area contributed by atoms with E-state index in [1.54, 1.807) is 7.11 Å². The molecular weight excluding hydrogens is 280 g/mol. The zero-order chi connectivity index (χ0) is 15.8. The summed E-state index contributed by atoms with van der Waals surface area (Å²) in [4.78, 5) is 26.4. The minimum atomic E-state index is -1.09. The van der Waals surface area contributed by atoms with Gasteiger partial charge in [0.15, 0.2) is 0 Å². The van der Waals surface area contributed by atoms with Crippen LogP contribution in [0.1, 0.15) is 12.8 Å². The van der Waals surface area contributed by atoms with Crippen LogP contribution in [0.5, 0.6) is 0 Å². The van der Waals surface area contributed by atoms with E-state index in [-0.39, 0.29) is 19.0 Å². The molecule has 21 heavy (non-hydrogen) atoms. The number of methoxy groups -OCH3 is 2. The number of carboxylic acid groups (broad SMARTS) is 1. The van der Waals surface area contributed by atoms with Crippen molar-refractivity contribution in [2.45, 2.75) is 25.0 Å². The van der Waals surface area contributed by atoms with E-state index < -0.39 is 18.1 Å². The summed E-state index contributed by atoms with van der Waals surface area (Å²) < 4.78 is 9.94. The van der Waals surface area contributed by atoms with Crippen molar-refractivity contribution in [1.82, 2.24) is 9.80 Å². The van der Waals surface area contributed by atoms with E-state index in [2.05, 4.69) is 0 Å². The largest absolute Gasteiger partial charge is 0.480 e. The molecule has 2 atom stereocenters. The highest BCUT2D eigenvalue weighted by molar-refractivity contribution is 5.83. The number of hydrogen-bond acceptors (Lipinski definition) is 5. The second-order valence-corrected chi connectivity index (χ2v) is 5.00. The van der Waals surface area contributed by atoms with E-state index in [9.17, 15) is 14.7 Å². The summed E-state index contributed by atoms with van der Waals surface area (Å²) in [6, 6.07) is -1.35. The molecule has 0 bridgehead atoms. The Kier molecular flexibility index (Phi) is 7.41. The fraction of sp³-hybridized carbons (Fsp3) is 0.846. The average molecular weight is 304 g/mol. The fourth-order valence-electron chi connectivity index (χ4n) is 2.35. The number of carbonyl (C=O) groups is 2. The van der Waals surface area contributed by atoms with Crippen molar-refractivity contribution < 1.29 is 29.3 Å². The highest BCUT2D eigenvalue weighted by atomic mass is 16.5. The maximum atomic E-state index is 12.5. The number of aliphatic hydroxyl groups is 1. The van der Waals surface area contributed by atoms with Crippen LogP contribution in [0.2, 0.25) is 0 Å². The number of urea groups is 1. The van der Waals surface area contributed by atoms with E-state index in [4.69, 9.17) is 14.6 Å². The van der Waals surface area contributed by atoms with E-state index in [0.29, 0.717) is 32.7 Å². The number of aliphatic carboxylic acids is 1. The number of rotatable bonds is 8.